The zero-order chi connectivity index (χ0) is 13.7. The van der Waals surface area contributed by atoms with E-state index in [-0.39, 0.29) is 6.10 Å². The minimum atomic E-state index is -0.0256. The number of methoxy groups -OCH3 is 2. The third-order valence-electron chi connectivity index (χ3n) is 3.84. The van der Waals surface area contributed by atoms with Gasteiger partial charge in [-0.15, -0.1) is 0 Å². The predicted octanol–water partition coefficient (Wildman–Crippen LogP) is 4.72. The van der Waals surface area contributed by atoms with Gasteiger partial charge in [0.2, 0.25) is 0 Å². The molecule has 0 N–H and O–H groups in total. The van der Waals surface area contributed by atoms with Gasteiger partial charge in [0.25, 0.3) is 0 Å². The van der Waals surface area contributed by atoms with Gasteiger partial charge in [0.05, 0.1) is 7.11 Å². The molecule has 19 heavy (non-hydrogen) atoms. The topological polar surface area (TPSA) is 18.5 Å². The van der Waals surface area contributed by atoms with Gasteiger partial charge in [0.1, 0.15) is 11.9 Å². The number of hydrogen-bond donors (Lipinski definition) is 0. The Morgan fingerprint density at radius 1 is 1.05 bits per heavy atom. The van der Waals surface area contributed by atoms with Crippen LogP contribution in [0.15, 0.2) is 30.0 Å². The highest BCUT2D eigenvalue weighted by Crippen LogP contribution is 2.44. The Labute approximate surface area is 116 Å². The van der Waals surface area contributed by atoms with E-state index >= 15 is 0 Å². The third kappa shape index (κ3) is 2.84. The molecule has 0 spiro atoms. The van der Waals surface area contributed by atoms with Crippen molar-refractivity contribution >= 4 is 5.57 Å². The quantitative estimate of drug-likeness (QED) is 0.661. The van der Waals surface area contributed by atoms with Crippen molar-refractivity contribution in [3.63, 3.8) is 0 Å². The molecule has 2 nitrogen and oxygen atoms in total. The second-order valence-corrected chi connectivity index (χ2v) is 5.06. The van der Waals surface area contributed by atoms with Crippen LogP contribution in [0.1, 0.15) is 56.3 Å². The first-order valence-corrected chi connectivity index (χ1v) is 7.22. The summed E-state index contributed by atoms with van der Waals surface area (Å²) in [7, 11) is 3.50. The highest BCUT2D eigenvalue weighted by molar-refractivity contribution is 5.76. The fourth-order valence-electron chi connectivity index (χ4n) is 2.88. The summed E-state index contributed by atoms with van der Waals surface area (Å²) in [4.78, 5) is 0. The Balaban J connectivity index is 2.21. The lowest BCUT2D eigenvalue weighted by Crippen LogP contribution is -2.02. The molecule has 0 bridgehead atoms. The van der Waals surface area contributed by atoms with E-state index < -0.39 is 0 Å². The van der Waals surface area contributed by atoms with Crippen molar-refractivity contribution in [2.45, 2.75) is 45.1 Å². The maximum atomic E-state index is 5.62. The van der Waals surface area contributed by atoms with E-state index in [4.69, 9.17) is 9.47 Å². The Hall–Kier alpha value is -1.28. The van der Waals surface area contributed by atoms with E-state index in [1.54, 1.807) is 14.2 Å². The maximum Gasteiger partial charge on any atom is 0.140 e. The van der Waals surface area contributed by atoms with Crippen LogP contribution in [0.25, 0.3) is 5.57 Å². The van der Waals surface area contributed by atoms with Crippen LogP contribution >= 0.6 is 0 Å². The van der Waals surface area contributed by atoms with Crippen molar-refractivity contribution in [3.05, 3.63) is 41.2 Å². The summed E-state index contributed by atoms with van der Waals surface area (Å²) in [5.74, 6) is 1.00. The van der Waals surface area contributed by atoms with Crippen LogP contribution in [0.2, 0.25) is 0 Å². The highest BCUT2D eigenvalue weighted by Gasteiger charge is 2.31. The molecule has 1 aromatic carbocycles. The first-order valence-electron chi connectivity index (χ1n) is 7.22. The van der Waals surface area contributed by atoms with Crippen molar-refractivity contribution in [1.82, 2.24) is 0 Å². The lowest BCUT2D eigenvalue weighted by Gasteiger charge is -2.13. The van der Waals surface area contributed by atoms with E-state index in [1.165, 1.54) is 42.4 Å². The second kappa shape index (κ2) is 6.76. The largest absolute Gasteiger partial charge is 0.498 e. The molecule has 104 valence electrons. The lowest BCUT2D eigenvalue weighted by atomic mass is 10.0. The molecule has 0 saturated heterocycles. The molecule has 2 rings (SSSR count). The van der Waals surface area contributed by atoms with Gasteiger partial charge in [-0.3, -0.25) is 0 Å². The molecule has 0 fully saturated rings. The average Bonchev–Trinajstić information content (AvgIpc) is 2.76. The molecule has 0 heterocycles. The van der Waals surface area contributed by atoms with Gasteiger partial charge in [-0.25, -0.2) is 0 Å². The SMILES string of the molecule is CCCCCCC1=C(OC)C(OC)c2ccccc21. The van der Waals surface area contributed by atoms with Crippen LogP contribution in [-0.2, 0) is 9.47 Å². The van der Waals surface area contributed by atoms with Gasteiger partial charge in [-0.2, -0.15) is 0 Å². The molecular formula is C17H24O2. The molecule has 0 amide bonds. The normalized spacial score (nSPS) is 17.7. The zero-order valence-electron chi connectivity index (χ0n) is 12.2. The van der Waals surface area contributed by atoms with Gasteiger partial charge < -0.3 is 9.47 Å². The van der Waals surface area contributed by atoms with E-state index in [9.17, 15) is 0 Å². The lowest BCUT2D eigenvalue weighted by molar-refractivity contribution is 0.0833. The summed E-state index contributed by atoms with van der Waals surface area (Å²) in [6, 6.07) is 8.48. The molecule has 1 aliphatic rings. The number of hydrogen-bond acceptors (Lipinski definition) is 2. The molecule has 2 heteroatoms. The van der Waals surface area contributed by atoms with Gasteiger partial charge in [-0.05, 0) is 24.0 Å². The van der Waals surface area contributed by atoms with Crippen LogP contribution in [0.5, 0.6) is 0 Å². The molecule has 1 unspecified atom stereocenters. The molecular weight excluding hydrogens is 236 g/mol. The van der Waals surface area contributed by atoms with Crippen LogP contribution < -0.4 is 0 Å². The zero-order valence-corrected chi connectivity index (χ0v) is 12.2. The van der Waals surface area contributed by atoms with Crippen molar-refractivity contribution in [2.75, 3.05) is 14.2 Å². The Kier molecular flexibility index (Phi) is 5.03. The summed E-state index contributed by atoms with van der Waals surface area (Å²) >= 11 is 0. The van der Waals surface area contributed by atoms with Crippen LogP contribution in [-0.4, -0.2) is 14.2 Å². The standard InChI is InChI=1S/C17H24O2/c1-4-5-6-7-11-14-13-10-8-9-12-15(13)17(19-3)16(14)18-2/h8-10,12,17H,4-7,11H2,1-3H3. The monoisotopic (exact) mass is 260 g/mol. The van der Waals surface area contributed by atoms with Gasteiger partial charge in [0.15, 0.2) is 0 Å². The summed E-state index contributed by atoms with van der Waals surface area (Å²) in [5, 5.41) is 0. The first kappa shape index (κ1) is 14.1. The Bertz CT molecular complexity index is 448. The van der Waals surface area contributed by atoms with E-state index in [0.717, 1.165) is 12.2 Å². The van der Waals surface area contributed by atoms with Crippen molar-refractivity contribution in [3.8, 4) is 0 Å². The Morgan fingerprint density at radius 3 is 2.53 bits per heavy atom. The van der Waals surface area contributed by atoms with Crippen molar-refractivity contribution < 1.29 is 9.47 Å². The minimum Gasteiger partial charge on any atom is -0.498 e. The summed E-state index contributed by atoms with van der Waals surface area (Å²) in [5.41, 5.74) is 3.89. The molecule has 1 aromatic rings. The number of benzene rings is 1. The summed E-state index contributed by atoms with van der Waals surface area (Å²) in [6.07, 6.45) is 6.15. The fourth-order valence-corrected chi connectivity index (χ4v) is 2.88. The van der Waals surface area contributed by atoms with Crippen LogP contribution in [0.4, 0.5) is 0 Å². The Morgan fingerprint density at radius 2 is 1.84 bits per heavy atom. The average molecular weight is 260 g/mol. The van der Waals surface area contributed by atoms with Gasteiger partial charge >= 0.3 is 0 Å². The number of allylic oxidation sites excluding steroid dienone is 1. The minimum absolute atomic E-state index is 0.0256. The van der Waals surface area contributed by atoms with E-state index in [2.05, 4.69) is 31.2 Å². The third-order valence-corrected chi connectivity index (χ3v) is 3.84. The smallest absolute Gasteiger partial charge is 0.140 e. The number of rotatable bonds is 7. The molecule has 0 radical (unpaired) electrons. The molecule has 0 aromatic heterocycles. The molecule has 1 atom stereocenters. The number of ether oxygens (including phenoxy) is 2. The summed E-state index contributed by atoms with van der Waals surface area (Å²) < 4.78 is 11.2. The fraction of sp³-hybridized carbons (Fsp3) is 0.529. The van der Waals surface area contributed by atoms with E-state index in [0.29, 0.717) is 0 Å². The van der Waals surface area contributed by atoms with Gasteiger partial charge in [-0.1, -0.05) is 50.5 Å². The molecule has 1 aliphatic carbocycles. The van der Waals surface area contributed by atoms with Crippen molar-refractivity contribution in [1.29, 1.82) is 0 Å². The maximum absolute atomic E-state index is 5.62. The van der Waals surface area contributed by atoms with E-state index in [1.807, 2.05) is 0 Å². The second-order valence-electron chi connectivity index (χ2n) is 5.06. The highest BCUT2D eigenvalue weighted by atomic mass is 16.5. The number of unbranched alkanes of at least 4 members (excludes halogenated alkanes) is 3. The van der Waals surface area contributed by atoms with Crippen LogP contribution in [0.3, 0.4) is 0 Å². The number of fused-ring (bicyclic) bond motifs is 1. The molecule has 0 aliphatic heterocycles. The first-order chi connectivity index (χ1) is 9.33. The molecule has 0 saturated carbocycles. The van der Waals surface area contributed by atoms with Gasteiger partial charge in [0, 0.05) is 12.7 Å². The summed E-state index contributed by atoms with van der Waals surface area (Å²) in [6.45, 7) is 2.24. The predicted molar refractivity (Wildman–Crippen MR) is 78.9 cm³/mol. The van der Waals surface area contributed by atoms with Crippen molar-refractivity contribution in [2.24, 2.45) is 0 Å². The van der Waals surface area contributed by atoms with Crippen LogP contribution in [0, 0.1) is 0 Å².